The molecule has 3 heteroatoms. The van der Waals surface area contributed by atoms with E-state index in [4.69, 9.17) is 0 Å². The minimum Gasteiger partial charge on any atom is -0.335 e. The molecule has 2 atom stereocenters. The lowest BCUT2D eigenvalue weighted by Gasteiger charge is -2.32. The first-order valence-corrected chi connectivity index (χ1v) is 10.8. The van der Waals surface area contributed by atoms with Crippen molar-refractivity contribution in [3.05, 3.63) is 0 Å². The summed E-state index contributed by atoms with van der Waals surface area (Å²) in [6, 6.07) is 0. The highest BCUT2D eigenvalue weighted by molar-refractivity contribution is 5.87. The van der Waals surface area contributed by atoms with Crippen molar-refractivity contribution < 1.29 is 9.59 Å². The predicted octanol–water partition coefficient (Wildman–Crippen LogP) is 5.62. The Hall–Kier alpha value is -0.860. The van der Waals surface area contributed by atoms with Crippen molar-refractivity contribution in [1.29, 1.82) is 0 Å². The van der Waals surface area contributed by atoms with Gasteiger partial charge in [-0.2, -0.15) is 0 Å². The molecule has 1 amide bonds. The molecule has 146 valence electrons. The zero-order valence-electron chi connectivity index (χ0n) is 17.2. The summed E-state index contributed by atoms with van der Waals surface area (Å²) in [4.78, 5) is 27.0. The van der Waals surface area contributed by atoms with Crippen LogP contribution in [0.3, 0.4) is 0 Å². The first-order valence-electron chi connectivity index (χ1n) is 10.8. The highest BCUT2D eigenvalue weighted by atomic mass is 16.2. The van der Waals surface area contributed by atoms with E-state index in [0.29, 0.717) is 18.9 Å². The molecular formula is C22H41NO2. The van der Waals surface area contributed by atoms with Crippen molar-refractivity contribution >= 4 is 11.7 Å². The molecule has 3 nitrogen and oxygen atoms in total. The van der Waals surface area contributed by atoms with Crippen molar-refractivity contribution in [3.63, 3.8) is 0 Å². The number of carbonyl (C=O) groups is 2. The second-order valence-electron chi connectivity index (χ2n) is 8.26. The summed E-state index contributed by atoms with van der Waals surface area (Å²) >= 11 is 0. The minimum atomic E-state index is 0.0330. The molecule has 1 saturated carbocycles. The van der Waals surface area contributed by atoms with E-state index in [1.165, 1.54) is 44.9 Å². The number of rotatable bonds is 14. The van der Waals surface area contributed by atoms with Gasteiger partial charge >= 0.3 is 0 Å². The minimum absolute atomic E-state index is 0.0330. The van der Waals surface area contributed by atoms with Gasteiger partial charge in [-0.3, -0.25) is 9.59 Å². The van der Waals surface area contributed by atoms with Crippen LogP contribution >= 0.6 is 0 Å². The molecule has 0 bridgehead atoms. The van der Waals surface area contributed by atoms with Crippen molar-refractivity contribution in [3.8, 4) is 0 Å². The summed E-state index contributed by atoms with van der Waals surface area (Å²) in [7, 11) is 0. The SMILES string of the molecule is CCCCCCCN(CC(=O)CCC)C(=O)C(C)C(C)CC1CCC1. The monoisotopic (exact) mass is 351 g/mol. The Morgan fingerprint density at radius 1 is 1.00 bits per heavy atom. The largest absolute Gasteiger partial charge is 0.335 e. The van der Waals surface area contributed by atoms with Gasteiger partial charge in [0.25, 0.3) is 0 Å². The third-order valence-corrected chi connectivity index (χ3v) is 5.91. The number of hydrogen-bond acceptors (Lipinski definition) is 2. The summed E-state index contributed by atoms with van der Waals surface area (Å²) in [6.07, 6.45) is 12.6. The van der Waals surface area contributed by atoms with Gasteiger partial charge in [0.05, 0.1) is 6.54 Å². The highest BCUT2D eigenvalue weighted by Crippen LogP contribution is 2.34. The van der Waals surface area contributed by atoms with Gasteiger partial charge in [0, 0.05) is 18.9 Å². The highest BCUT2D eigenvalue weighted by Gasteiger charge is 2.29. The molecule has 25 heavy (non-hydrogen) atoms. The predicted molar refractivity (Wildman–Crippen MR) is 106 cm³/mol. The summed E-state index contributed by atoms with van der Waals surface area (Å²) in [5.41, 5.74) is 0. The smallest absolute Gasteiger partial charge is 0.226 e. The molecule has 0 aromatic rings. The Morgan fingerprint density at radius 2 is 1.68 bits per heavy atom. The molecule has 2 unspecified atom stereocenters. The maximum Gasteiger partial charge on any atom is 0.226 e. The van der Waals surface area contributed by atoms with Gasteiger partial charge in [-0.05, 0) is 31.1 Å². The first kappa shape index (κ1) is 22.2. The molecule has 0 aliphatic heterocycles. The Kier molecular flexibility index (Phi) is 11.1. The normalized spacial score (nSPS) is 17.0. The molecule has 0 radical (unpaired) electrons. The molecule has 1 rings (SSSR count). The number of hydrogen-bond donors (Lipinski definition) is 0. The van der Waals surface area contributed by atoms with Crippen LogP contribution in [0.2, 0.25) is 0 Å². The van der Waals surface area contributed by atoms with Gasteiger partial charge in [-0.1, -0.05) is 72.6 Å². The van der Waals surface area contributed by atoms with Crippen molar-refractivity contribution in [1.82, 2.24) is 4.90 Å². The molecule has 0 spiro atoms. The van der Waals surface area contributed by atoms with E-state index in [2.05, 4.69) is 20.8 Å². The van der Waals surface area contributed by atoms with Crippen LogP contribution < -0.4 is 0 Å². The number of ketones is 1. The molecule has 0 aromatic carbocycles. The van der Waals surface area contributed by atoms with Crippen LogP contribution in [0.1, 0.15) is 98.3 Å². The van der Waals surface area contributed by atoms with Crippen molar-refractivity contribution in [2.45, 2.75) is 98.3 Å². The van der Waals surface area contributed by atoms with E-state index in [1.54, 1.807) is 0 Å². The van der Waals surface area contributed by atoms with Crippen LogP contribution in [0.25, 0.3) is 0 Å². The fourth-order valence-electron chi connectivity index (χ4n) is 3.73. The van der Waals surface area contributed by atoms with E-state index in [1.807, 2.05) is 11.8 Å². The molecule has 0 heterocycles. The zero-order valence-corrected chi connectivity index (χ0v) is 17.2. The molecular weight excluding hydrogens is 310 g/mol. The van der Waals surface area contributed by atoms with Crippen LogP contribution in [0.4, 0.5) is 0 Å². The fourth-order valence-corrected chi connectivity index (χ4v) is 3.73. The van der Waals surface area contributed by atoms with Gasteiger partial charge in [0.2, 0.25) is 5.91 Å². The molecule has 1 aliphatic carbocycles. The topological polar surface area (TPSA) is 37.4 Å². The fraction of sp³-hybridized carbons (Fsp3) is 0.909. The van der Waals surface area contributed by atoms with Gasteiger partial charge in [-0.15, -0.1) is 0 Å². The van der Waals surface area contributed by atoms with Crippen LogP contribution in [-0.4, -0.2) is 29.7 Å². The lowest BCUT2D eigenvalue weighted by Crippen LogP contribution is -2.41. The number of amides is 1. The average molecular weight is 352 g/mol. The standard InChI is InChI=1S/C22H41NO2/c1-5-7-8-9-10-15-23(17-21(24)12-6-2)22(25)19(4)18(3)16-20-13-11-14-20/h18-20H,5-17H2,1-4H3. The molecule has 1 fully saturated rings. The second-order valence-corrected chi connectivity index (χ2v) is 8.26. The third-order valence-electron chi connectivity index (χ3n) is 5.91. The second kappa shape index (κ2) is 12.5. The lowest BCUT2D eigenvalue weighted by atomic mass is 9.76. The Balaban J connectivity index is 2.53. The number of unbranched alkanes of at least 4 members (excludes halogenated alkanes) is 4. The number of Topliss-reactive ketones (excluding diaryl/α,β-unsaturated/α-hetero) is 1. The summed E-state index contributed by atoms with van der Waals surface area (Å²) < 4.78 is 0. The van der Waals surface area contributed by atoms with Crippen LogP contribution in [0.15, 0.2) is 0 Å². The third kappa shape index (κ3) is 8.37. The van der Waals surface area contributed by atoms with Crippen molar-refractivity contribution in [2.75, 3.05) is 13.1 Å². The van der Waals surface area contributed by atoms with Gasteiger partial charge in [0.1, 0.15) is 0 Å². The first-order chi connectivity index (χ1) is 12.0. The number of nitrogens with zero attached hydrogens (tertiary/aromatic N) is 1. The Morgan fingerprint density at radius 3 is 2.24 bits per heavy atom. The van der Waals surface area contributed by atoms with Crippen LogP contribution in [0, 0.1) is 17.8 Å². The van der Waals surface area contributed by atoms with Gasteiger partial charge in [-0.25, -0.2) is 0 Å². The van der Waals surface area contributed by atoms with E-state index in [-0.39, 0.29) is 17.6 Å². The number of carbonyl (C=O) groups excluding carboxylic acids is 2. The molecule has 0 saturated heterocycles. The van der Waals surface area contributed by atoms with E-state index in [0.717, 1.165) is 31.7 Å². The molecule has 0 aromatic heterocycles. The lowest BCUT2D eigenvalue weighted by molar-refractivity contribution is -0.140. The Labute approximate surface area is 155 Å². The Bertz CT molecular complexity index is 389. The van der Waals surface area contributed by atoms with Gasteiger partial charge in [0.15, 0.2) is 5.78 Å². The maximum atomic E-state index is 13.0. The summed E-state index contributed by atoms with van der Waals surface area (Å²) in [5, 5.41) is 0. The summed E-state index contributed by atoms with van der Waals surface area (Å²) in [5.74, 6) is 1.69. The van der Waals surface area contributed by atoms with E-state index >= 15 is 0 Å². The quantitative estimate of drug-likeness (QED) is 0.381. The van der Waals surface area contributed by atoms with Crippen molar-refractivity contribution in [2.24, 2.45) is 17.8 Å². The van der Waals surface area contributed by atoms with E-state index < -0.39 is 0 Å². The zero-order chi connectivity index (χ0) is 18.7. The molecule has 0 N–H and O–H groups in total. The summed E-state index contributed by atoms with van der Waals surface area (Å²) in [6.45, 7) is 9.59. The van der Waals surface area contributed by atoms with E-state index in [9.17, 15) is 9.59 Å². The average Bonchev–Trinajstić information content (AvgIpc) is 2.55. The van der Waals surface area contributed by atoms with Crippen LogP contribution in [0.5, 0.6) is 0 Å². The maximum absolute atomic E-state index is 13.0. The molecule has 1 aliphatic rings. The van der Waals surface area contributed by atoms with Gasteiger partial charge < -0.3 is 4.90 Å². The van der Waals surface area contributed by atoms with Crippen LogP contribution in [-0.2, 0) is 9.59 Å².